The van der Waals surface area contributed by atoms with Crippen LogP contribution in [0.3, 0.4) is 0 Å². The summed E-state index contributed by atoms with van der Waals surface area (Å²) in [5.41, 5.74) is 11.4. The van der Waals surface area contributed by atoms with Crippen LogP contribution in [0.5, 0.6) is 0 Å². The third kappa shape index (κ3) is 19.8. The number of nitrogens with two attached hydrogens (primary N) is 2. The second kappa shape index (κ2) is 27.0. The molecule has 0 aromatic heterocycles. The van der Waals surface area contributed by atoms with Crippen LogP contribution in [-0.2, 0) is 61.8 Å². The van der Waals surface area contributed by atoms with Gasteiger partial charge in [-0.05, 0) is 43.4 Å². The van der Waals surface area contributed by atoms with E-state index in [0.29, 0.717) is 12.8 Å². The Kier molecular flexibility index (Phi) is 23.8. The first-order valence-corrected chi connectivity index (χ1v) is 22.6. The number of carboxylic acid groups (broad SMARTS) is 3. The van der Waals surface area contributed by atoms with Gasteiger partial charge in [0.05, 0.1) is 19.1 Å². The first kappa shape index (κ1) is 58.3. The molecule has 1 heterocycles. The van der Waals surface area contributed by atoms with Gasteiger partial charge < -0.3 is 73.4 Å². The maximum absolute atomic E-state index is 13.8. The average Bonchev–Trinajstić information content (AvgIpc) is 3.71. The smallest absolute Gasteiger partial charge is 0.469 e. The molecule has 66 heavy (non-hydrogen) atoms. The minimum atomic E-state index is -5.38. The van der Waals surface area contributed by atoms with E-state index < -0.39 is 172 Å². The Morgan fingerprint density at radius 3 is 1.65 bits per heavy atom. The average molecular weight is 966 g/mol. The Bertz CT molecular complexity index is 1840. The van der Waals surface area contributed by atoms with E-state index in [2.05, 4.69) is 31.1 Å². The third-order valence-electron chi connectivity index (χ3n) is 10.5. The monoisotopic (exact) mass is 965 g/mol. The number of carbonyl (C=O) groups excluding carboxylic acids is 8. The van der Waals surface area contributed by atoms with Crippen LogP contribution in [-0.4, -0.2) is 157 Å². The lowest BCUT2D eigenvalue weighted by molar-refractivity contribution is -0.144. The van der Waals surface area contributed by atoms with Crippen LogP contribution in [0, 0.1) is 17.8 Å². The highest BCUT2D eigenvalue weighted by atomic mass is 31.2. The number of amides is 8. The second-order valence-electron chi connectivity index (χ2n) is 16.5. The van der Waals surface area contributed by atoms with E-state index in [1.807, 2.05) is 12.2 Å². The molecule has 1 aliphatic rings. The lowest BCUT2D eigenvalue weighted by Gasteiger charge is -2.32. The van der Waals surface area contributed by atoms with Gasteiger partial charge in [0, 0.05) is 19.4 Å². The molecular weight excluding hydrogens is 901 g/mol. The molecule has 15 N–H and O–H groups in total. The highest BCUT2D eigenvalue weighted by molar-refractivity contribution is 7.46. The molecule has 0 aliphatic carbocycles. The van der Waals surface area contributed by atoms with Crippen molar-refractivity contribution in [1.82, 2.24) is 36.8 Å². The molecule has 28 heteroatoms. The predicted octanol–water partition coefficient (Wildman–Crippen LogP) is -3.63. The molecule has 9 atom stereocenters. The van der Waals surface area contributed by atoms with Crippen LogP contribution in [0.1, 0.15) is 92.9 Å². The zero-order chi connectivity index (χ0) is 50.8. The zero-order valence-electron chi connectivity index (χ0n) is 37.5. The van der Waals surface area contributed by atoms with Crippen molar-refractivity contribution in [3.05, 3.63) is 0 Å². The molecule has 0 bridgehead atoms. The van der Waals surface area contributed by atoms with Crippen molar-refractivity contribution in [2.24, 2.45) is 29.2 Å². The number of rotatable bonds is 29. The minimum Gasteiger partial charge on any atom is -0.481 e. The highest BCUT2D eigenvalue weighted by Gasteiger charge is 2.41. The molecule has 1 fully saturated rings. The molecule has 1 aliphatic heterocycles. The Labute approximate surface area is 379 Å². The van der Waals surface area contributed by atoms with Crippen molar-refractivity contribution in [3.8, 4) is 0 Å². The van der Waals surface area contributed by atoms with Gasteiger partial charge in [0.15, 0.2) is 0 Å². The number of phosphoric acid groups is 1. The van der Waals surface area contributed by atoms with Crippen LogP contribution in [0.4, 0.5) is 0 Å². The summed E-state index contributed by atoms with van der Waals surface area (Å²) in [6, 6.07) is -12.5. The number of hydrogen-bond acceptors (Lipinski definition) is 14. The van der Waals surface area contributed by atoms with Gasteiger partial charge in [-0.1, -0.05) is 48.0 Å². The van der Waals surface area contributed by atoms with Gasteiger partial charge in [0.1, 0.15) is 42.3 Å². The lowest BCUT2D eigenvalue weighted by Crippen LogP contribution is -2.61. The van der Waals surface area contributed by atoms with Crippen molar-refractivity contribution >= 4 is 73.0 Å². The second-order valence-corrected chi connectivity index (χ2v) is 17.7. The quantitative estimate of drug-likeness (QED) is 0.0322. The first-order chi connectivity index (χ1) is 30.5. The molecule has 8 amide bonds. The number of nitrogens with one attached hydrogen (secondary N) is 6. The standard InChI is InChI=1S/C38H64N9O18P/c1-7-19(6)28(40)35(57)46-30(18(4)5)37(59)47-14-8-9-24(47)34(56)43-22(15-25(39)48)32(54)44-23(16-65-66(62,63)64)33(55)45-29(17(2)3)36(58)41-20(10-12-26(49)50)31(53)42-21(38(60)61)11-13-27(51)52/h17-24,28-30H,7-16,40H2,1-6H3,(H2,39,48)(H,41,58)(H,42,53)(H,43,56)(H,44,54)(H,45,55)(H,46,57)(H,49,50)(H,51,52)(H,60,61)(H2,62,63,64)/t19-,20-,21-,22-,23-,24-,28-,29-,30-/m0/s1. The van der Waals surface area contributed by atoms with E-state index in [0.717, 1.165) is 0 Å². The Morgan fingerprint density at radius 1 is 0.682 bits per heavy atom. The molecule has 0 saturated carbocycles. The van der Waals surface area contributed by atoms with Crippen LogP contribution in [0.2, 0.25) is 0 Å². The number of phosphoric ester groups is 1. The molecule has 0 aromatic rings. The van der Waals surface area contributed by atoms with Crippen molar-refractivity contribution in [3.63, 3.8) is 0 Å². The fourth-order valence-corrected chi connectivity index (χ4v) is 6.79. The van der Waals surface area contributed by atoms with Crippen LogP contribution in [0.15, 0.2) is 0 Å². The van der Waals surface area contributed by atoms with Crippen molar-refractivity contribution in [2.45, 2.75) is 141 Å². The van der Waals surface area contributed by atoms with Gasteiger partial charge >= 0.3 is 25.7 Å². The van der Waals surface area contributed by atoms with E-state index in [4.69, 9.17) is 16.6 Å². The number of aliphatic carboxylic acids is 3. The van der Waals surface area contributed by atoms with Gasteiger partial charge in [-0.25, -0.2) is 9.36 Å². The molecule has 0 radical (unpaired) electrons. The first-order valence-electron chi connectivity index (χ1n) is 21.0. The van der Waals surface area contributed by atoms with Crippen LogP contribution in [0.25, 0.3) is 0 Å². The normalized spacial score (nSPS) is 17.4. The van der Waals surface area contributed by atoms with E-state index in [1.54, 1.807) is 20.8 Å². The SMILES string of the molecule is CC[C@H](C)[C@H](N)C(=O)N[C@H](C(=O)N1CCC[C@H]1C(=O)N[C@@H](CC(N)=O)C(=O)N[C@@H](COP(=O)(O)O)C(=O)N[C@H](C(=O)N[C@@H](CCC(=O)O)C(=O)N[C@@H](CCC(=O)O)C(=O)O)C(C)C)C(C)C. The molecule has 0 unspecified atom stereocenters. The number of likely N-dealkylation sites (tertiary alicyclic amines) is 1. The van der Waals surface area contributed by atoms with Crippen LogP contribution < -0.4 is 43.4 Å². The van der Waals surface area contributed by atoms with Gasteiger partial charge in [-0.15, -0.1) is 0 Å². The Balaban J connectivity index is 3.41. The molecule has 1 saturated heterocycles. The summed E-state index contributed by atoms with van der Waals surface area (Å²) >= 11 is 0. The number of hydrogen-bond donors (Lipinski definition) is 13. The van der Waals surface area contributed by atoms with Crippen LogP contribution >= 0.6 is 7.82 Å². The summed E-state index contributed by atoms with van der Waals surface area (Å²) in [5, 5.41) is 41.2. The maximum Gasteiger partial charge on any atom is 0.469 e. The highest BCUT2D eigenvalue weighted by Crippen LogP contribution is 2.35. The number of carbonyl (C=O) groups is 11. The predicted molar refractivity (Wildman–Crippen MR) is 227 cm³/mol. The number of primary amides is 1. The fourth-order valence-electron chi connectivity index (χ4n) is 6.45. The summed E-state index contributed by atoms with van der Waals surface area (Å²) in [6.45, 7) is 8.49. The topological polar surface area (TPSA) is 443 Å². The molecule has 1 rings (SSSR count). The largest absolute Gasteiger partial charge is 0.481 e. The van der Waals surface area contributed by atoms with Gasteiger partial charge in [-0.3, -0.25) is 52.5 Å². The molecular formula is C38H64N9O18P. The van der Waals surface area contributed by atoms with Crippen molar-refractivity contribution in [2.75, 3.05) is 13.2 Å². The summed E-state index contributed by atoms with van der Waals surface area (Å²) in [5.74, 6) is -14.4. The summed E-state index contributed by atoms with van der Waals surface area (Å²) in [4.78, 5) is 161. The summed E-state index contributed by atoms with van der Waals surface area (Å²) in [7, 11) is -5.38. The Hall–Kier alpha value is -5.76. The van der Waals surface area contributed by atoms with Gasteiger partial charge in [-0.2, -0.15) is 0 Å². The molecule has 27 nitrogen and oxygen atoms in total. The van der Waals surface area contributed by atoms with E-state index in [-0.39, 0.29) is 18.9 Å². The Morgan fingerprint density at radius 2 is 1.17 bits per heavy atom. The summed E-state index contributed by atoms with van der Waals surface area (Å²) < 4.78 is 16.2. The minimum absolute atomic E-state index is 0.0628. The van der Waals surface area contributed by atoms with E-state index in [1.165, 1.54) is 18.7 Å². The van der Waals surface area contributed by atoms with E-state index >= 15 is 0 Å². The van der Waals surface area contributed by atoms with Gasteiger partial charge in [0.2, 0.25) is 47.3 Å². The molecule has 374 valence electrons. The van der Waals surface area contributed by atoms with Crippen molar-refractivity contribution < 1.29 is 86.9 Å². The number of nitrogens with zero attached hydrogens (tertiary/aromatic N) is 1. The van der Waals surface area contributed by atoms with Crippen molar-refractivity contribution in [1.29, 1.82) is 0 Å². The lowest BCUT2D eigenvalue weighted by atomic mass is 9.97. The maximum atomic E-state index is 13.8. The zero-order valence-corrected chi connectivity index (χ0v) is 38.4. The third-order valence-corrected chi connectivity index (χ3v) is 11.0. The van der Waals surface area contributed by atoms with Gasteiger partial charge in [0.25, 0.3) is 0 Å². The molecule has 0 spiro atoms. The van der Waals surface area contributed by atoms with E-state index in [9.17, 15) is 77.3 Å². The number of carboxylic acids is 3. The molecule has 0 aromatic carbocycles. The fraction of sp³-hybridized carbons (Fsp3) is 0.711. The summed E-state index contributed by atoms with van der Waals surface area (Å²) in [6.07, 6.45) is -2.54.